The van der Waals surface area contributed by atoms with Gasteiger partial charge < -0.3 is 14.6 Å². The van der Waals surface area contributed by atoms with Gasteiger partial charge in [-0.05, 0) is 12.8 Å². The molecule has 0 aliphatic rings. The minimum absolute atomic E-state index is 0.0554. The highest BCUT2D eigenvalue weighted by Crippen LogP contribution is 2.19. The van der Waals surface area contributed by atoms with E-state index in [0.717, 1.165) is 32.1 Å². The van der Waals surface area contributed by atoms with Crippen molar-refractivity contribution in [2.45, 2.75) is 392 Å². The zero-order chi connectivity index (χ0) is 50.6. The SMILES string of the molecule is CCCCCCCCCCCCCCCCCCCCCCCCCCCCCCCCCC(=O)OC(CO)COC(=O)CCCCCCCCCCCCCCCCCCCCCCCCCCC. The Morgan fingerprint density at radius 3 is 0.629 bits per heavy atom. The topological polar surface area (TPSA) is 72.8 Å². The first-order valence-electron chi connectivity index (χ1n) is 32.6. The fourth-order valence-corrected chi connectivity index (χ4v) is 10.5. The van der Waals surface area contributed by atoms with E-state index in [0.29, 0.717) is 12.8 Å². The molecular formula is C65H128O5. The van der Waals surface area contributed by atoms with Gasteiger partial charge in [0, 0.05) is 12.8 Å². The van der Waals surface area contributed by atoms with Crippen molar-refractivity contribution in [3.63, 3.8) is 0 Å². The number of ether oxygens (including phenoxy) is 2. The van der Waals surface area contributed by atoms with E-state index in [9.17, 15) is 14.7 Å². The molecule has 0 aliphatic heterocycles. The second kappa shape index (κ2) is 62.2. The molecule has 0 fully saturated rings. The highest BCUT2D eigenvalue weighted by atomic mass is 16.6. The number of rotatable bonds is 62. The number of hydrogen-bond donors (Lipinski definition) is 1. The second-order valence-electron chi connectivity index (χ2n) is 22.6. The molecule has 0 aliphatic carbocycles. The standard InChI is InChI=1S/C65H128O5/c1-3-5-7-9-11-13-15-17-19-21-23-25-27-29-30-31-32-33-34-36-38-40-42-44-46-48-50-52-54-56-58-60-65(68)70-63(61-66)62-69-64(67)59-57-55-53-51-49-47-45-43-41-39-37-35-28-26-24-22-20-18-16-14-12-10-8-6-4-2/h63,66H,3-62H2,1-2H3. The zero-order valence-corrected chi connectivity index (χ0v) is 48.1. The van der Waals surface area contributed by atoms with Gasteiger partial charge in [-0.2, -0.15) is 0 Å². The van der Waals surface area contributed by atoms with E-state index in [1.165, 1.54) is 327 Å². The summed E-state index contributed by atoms with van der Waals surface area (Å²) in [6.07, 6.45) is 77.0. The monoisotopic (exact) mass is 989 g/mol. The molecule has 0 heterocycles. The minimum Gasteiger partial charge on any atom is -0.462 e. The molecule has 0 rings (SSSR count). The van der Waals surface area contributed by atoms with E-state index in [1.807, 2.05) is 0 Å². The minimum atomic E-state index is -0.765. The van der Waals surface area contributed by atoms with Crippen molar-refractivity contribution in [3.05, 3.63) is 0 Å². The van der Waals surface area contributed by atoms with Crippen LogP contribution in [0.4, 0.5) is 0 Å². The molecule has 0 radical (unpaired) electrons. The first-order valence-corrected chi connectivity index (χ1v) is 32.6. The molecule has 418 valence electrons. The van der Waals surface area contributed by atoms with Crippen LogP contribution in [-0.2, 0) is 19.1 Å². The van der Waals surface area contributed by atoms with Gasteiger partial charge >= 0.3 is 11.9 Å². The van der Waals surface area contributed by atoms with Crippen LogP contribution in [0.3, 0.4) is 0 Å². The summed E-state index contributed by atoms with van der Waals surface area (Å²) >= 11 is 0. The van der Waals surface area contributed by atoms with Crippen molar-refractivity contribution in [2.24, 2.45) is 0 Å². The quantitative estimate of drug-likeness (QED) is 0.0486. The summed E-state index contributed by atoms with van der Waals surface area (Å²) in [5.41, 5.74) is 0. The van der Waals surface area contributed by atoms with Gasteiger partial charge in [-0.1, -0.05) is 361 Å². The van der Waals surface area contributed by atoms with Gasteiger partial charge in [0.15, 0.2) is 6.10 Å². The van der Waals surface area contributed by atoms with Crippen LogP contribution in [0.5, 0.6) is 0 Å². The molecule has 0 aromatic rings. The van der Waals surface area contributed by atoms with Crippen molar-refractivity contribution in [1.82, 2.24) is 0 Å². The van der Waals surface area contributed by atoms with Crippen molar-refractivity contribution in [2.75, 3.05) is 13.2 Å². The van der Waals surface area contributed by atoms with E-state index >= 15 is 0 Å². The predicted octanol–water partition coefficient (Wildman–Crippen LogP) is 22.1. The van der Waals surface area contributed by atoms with E-state index < -0.39 is 6.10 Å². The number of aliphatic hydroxyl groups excluding tert-OH is 1. The average molecular weight is 990 g/mol. The van der Waals surface area contributed by atoms with E-state index in [2.05, 4.69) is 13.8 Å². The lowest BCUT2D eigenvalue weighted by atomic mass is 10.0. The van der Waals surface area contributed by atoms with Gasteiger partial charge in [-0.3, -0.25) is 9.59 Å². The van der Waals surface area contributed by atoms with Crippen molar-refractivity contribution < 1.29 is 24.2 Å². The molecule has 0 saturated carbocycles. The molecule has 0 bridgehead atoms. The summed E-state index contributed by atoms with van der Waals surface area (Å²) in [7, 11) is 0. The summed E-state index contributed by atoms with van der Waals surface area (Å²) in [5.74, 6) is -0.560. The largest absolute Gasteiger partial charge is 0.462 e. The second-order valence-corrected chi connectivity index (χ2v) is 22.6. The first-order chi connectivity index (χ1) is 34.6. The molecule has 5 nitrogen and oxygen atoms in total. The van der Waals surface area contributed by atoms with Gasteiger partial charge in [0.2, 0.25) is 0 Å². The van der Waals surface area contributed by atoms with Gasteiger partial charge in [-0.25, -0.2) is 0 Å². The predicted molar refractivity (Wildman–Crippen MR) is 307 cm³/mol. The van der Waals surface area contributed by atoms with Crippen molar-refractivity contribution in [1.29, 1.82) is 0 Å². The zero-order valence-electron chi connectivity index (χ0n) is 48.1. The van der Waals surface area contributed by atoms with Crippen molar-refractivity contribution in [3.8, 4) is 0 Å². The summed E-state index contributed by atoms with van der Waals surface area (Å²) in [6.45, 7) is 4.22. The third-order valence-electron chi connectivity index (χ3n) is 15.4. The number of carbonyl (C=O) groups is 2. The van der Waals surface area contributed by atoms with Crippen LogP contribution in [0.1, 0.15) is 386 Å². The fourth-order valence-electron chi connectivity index (χ4n) is 10.5. The Balaban J connectivity index is 3.36. The van der Waals surface area contributed by atoms with Crippen LogP contribution in [0.15, 0.2) is 0 Å². The van der Waals surface area contributed by atoms with Crippen LogP contribution in [0, 0.1) is 0 Å². The highest BCUT2D eigenvalue weighted by Gasteiger charge is 2.16. The van der Waals surface area contributed by atoms with Gasteiger partial charge in [-0.15, -0.1) is 0 Å². The van der Waals surface area contributed by atoms with Gasteiger partial charge in [0.25, 0.3) is 0 Å². The van der Waals surface area contributed by atoms with Crippen LogP contribution < -0.4 is 0 Å². The summed E-state index contributed by atoms with van der Waals surface area (Å²) in [4.78, 5) is 24.6. The van der Waals surface area contributed by atoms with Crippen molar-refractivity contribution >= 4 is 11.9 Å². The lowest BCUT2D eigenvalue weighted by Crippen LogP contribution is -2.28. The van der Waals surface area contributed by atoms with Gasteiger partial charge in [0.1, 0.15) is 6.61 Å². The summed E-state index contributed by atoms with van der Waals surface area (Å²) in [6, 6.07) is 0. The Kier molecular flexibility index (Phi) is 61.2. The molecule has 1 atom stereocenters. The molecule has 70 heavy (non-hydrogen) atoms. The molecule has 0 saturated heterocycles. The number of aliphatic hydroxyl groups is 1. The lowest BCUT2D eigenvalue weighted by Gasteiger charge is -2.15. The van der Waals surface area contributed by atoms with Crippen LogP contribution in [0.2, 0.25) is 0 Å². The van der Waals surface area contributed by atoms with E-state index in [4.69, 9.17) is 9.47 Å². The molecule has 1 N–H and O–H groups in total. The number of unbranched alkanes of at least 4 members (excludes halogenated alkanes) is 54. The third kappa shape index (κ3) is 59.5. The van der Waals surface area contributed by atoms with E-state index in [1.54, 1.807) is 0 Å². The Hall–Kier alpha value is -1.10. The molecule has 0 amide bonds. The molecule has 5 heteroatoms. The highest BCUT2D eigenvalue weighted by molar-refractivity contribution is 5.70. The summed E-state index contributed by atoms with van der Waals surface area (Å²) < 4.78 is 10.8. The van der Waals surface area contributed by atoms with Crippen LogP contribution in [0.25, 0.3) is 0 Å². The first kappa shape index (κ1) is 68.9. The molecule has 0 aromatic carbocycles. The normalized spacial score (nSPS) is 12.0. The Bertz CT molecular complexity index is 983. The molecule has 0 aromatic heterocycles. The van der Waals surface area contributed by atoms with Gasteiger partial charge in [0.05, 0.1) is 6.61 Å². The van der Waals surface area contributed by atoms with Crippen LogP contribution >= 0.6 is 0 Å². The maximum atomic E-state index is 12.3. The molecule has 1 unspecified atom stereocenters. The molecule has 0 spiro atoms. The van der Waals surface area contributed by atoms with Crippen LogP contribution in [-0.4, -0.2) is 36.4 Å². The Morgan fingerprint density at radius 1 is 0.271 bits per heavy atom. The maximum Gasteiger partial charge on any atom is 0.306 e. The number of carbonyl (C=O) groups excluding carboxylic acids is 2. The Morgan fingerprint density at radius 2 is 0.443 bits per heavy atom. The smallest absolute Gasteiger partial charge is 0.306 e. The lowest BCUT2D eigenvalue weighted by molar-refractivity contribution is -0.161. The number of esters is 2. The molecular weight excluding hydrogens is 861 g/mol. The fraction of sp³-hybridized carbons (Fsp3) is 0.969. The average Bonchev–Trinajstić information content (AvgIpc) is 3.36. The summed E-state index contributed by atoms with van der Waals surface area (Å²) in [5, 5.41) is 9.68. The number of hydrogen-bond acceptors (Lipinski definition) is 5. The Labute approximate surface area is 439 Å². The third-order valence-corrected chi connectivity index (χ3v) is 15.4. The maximum absolute atomic E-state index is 12.3. The van der Waals surface area contributed by atoms with E-state index in [-0.39, 0.29) is 25.2 Å².